The van der Waals surface area contributed by atoms with Crippen LogP contribution in [0.2, 0.25) is 0 Å². The molecule has 0 radical (unpaired) electrons. The second-order valence-electron chi connectivity index (χ2n) is 5.10. The summed E-state index contributed by atoms with van der Waals surface area (Å²) in [5.74, 6) is 0.112. The van der Waals surface area contributed by atoms with Crippen LogP contribution < -0.4 is 10.6 Å². The fourth-order valence-corrected chi connectivity index (χ4v) is 2.23. The summed E-state index contributed by atoms with van der Waals surface area (Å²) in [6.07, 6.45) is 0. The normalized spacial score (nSPS) is 25.1. The van der Waals surface area contributed by atoms with Crippen molar-refractivity contribution in [3.05, 3.63) is 0 Å². The highest BCUT2D eigenvalue weighted by atomic mass is 16.5. The zero-order valence-electron chi connectivity index (χ0n) is 12.4. The largest absolute Gasteiger partial charge is 0.383 e. The molecule has 0 spiro atoms. The maximum atomic E-state index is 12.5. The van der Waals surface area contributed by atoms with Crippen LogP contribution in [0, 0.1) is 0 Å². The van der Waals surface area contributed by atoms with E-state index in [2.05, 4.69) is 17.6 Å². The number of nitrogens with one attached hydrogen (secondary N) is 2. The first-order chi connectivity index (χ1) is 9.10. The lowest BCUT2D eigenvalue weighted by Gasteiger charge is -2.35. The molecule has 1 heterocycles. The van der Waals surface area contributed by atoms with Crippen LogP contribution in [0.1, 0.15) is 13.8 Å². The molecular formula is C13H27N3O3. The quantitative estimate of drug-likeness (QED) is 0.651. The van der Waals surface area contributed by atoms with Crippen LogP contribution in [-0.4, -0.2) is 76.0 Å². The summed E-state index contributed by atoms with van der Waals surface area (Å²) in [7, 11) is 3.29. The van der Waals surface area contributed by atoms with Crippen molar-refractivity contribution in [2.75, 3.05) is 47.1 Å². The molecule has 19 heavy (non-hydrogen) atoms. The highest BCUT2D eigenvalue weighted by Gasteiger charge is 2.29. The van der Waals surface area contributed by atoms with Crippen molar-refractivity contribution in [3.63, 3.8) is 0 Å². The number of carbonyl (C=O) groups excluding carboxylic acids is 1. The van der Waals surface area contributed by atoms with Gasteiger partial charge in [0.1, 0.15) is 0 Å². The molecule has 3 unspecified atom stereocenters. The van der Waals surface area contributed by atoms with Crippen molar-refractivity contribution in [1.82, 2.24) is 15.5 Å². The van der Waals surface area contributed by atoms with Crippen molar-refractivity contribution < 1.29 is 14.3 Å². The van der Waals surface area contributed by atoms with E-state index < -0.39 is 0 Å². The Morgan fingerprint density at radius 1 is 1.32 bits per heavy atom. The number of amides is 1. The highest BCUT2D eigenvalue weighted by Crippen LogP contribution is 2.05. The van der Waals surface area contributed by atoms with Crippen molar-refractivity contribution in [2.45, 2.75) is 32.0 Å². The summed E-state index contributed by atoms with van der Waals surface area (Å²) in [4.78, 5) is 14.4. The Hall–Kier alpha value is -0.690. The third-order valence-corrected chi connectivity index (χ3v) is 3.40. The summed E-state index contributed by atoms with van der Waals surface area (Å²) >= 11 is 0. The molecule has 0 aromatic rings. The molecule has 0 aromatic heterocycles. The molecule has 0 aromatic carbocycles. The number of methoxy groups -OCH3 is 2. The molecule has 1 aliphatic heterocycles. The summed E-state index contributed by atoms with van der Waals surface area (Å²) in [5.41, 5.74) is 0. The zero-order valence-corrected chi connectivity index (χ0v) is 12.4. The molecule has 112 valence electrons. The van der Waals surface area contributed by atoms with Gasteiger partial charge in [-0.3, -0.25) is 4.79 Å². The predicted octanol–water partition coefficient (Wildman–Crippen LogP) is -0.554. The van der Waals surface area contributed by atoms with E-state index in [1.807, 2.05) is 11.8 Å². The second kappa shape index (κ2) is 8.47. The predicted molar refractivity (Wildman–Crippen MR) is 74.2 cm³/mol. The van der Waals surface area contributed by atoms with Crippen LogP contribution in [0.3, 0.4) is 0 Å². The number of ether oxygens (including phenoxy) is 2. The van der Waals surface area contributed by atoms with Gasteiger partial charge in [-0.15, -0.1) is 0 Å². The Balaban J connectivity index is 2.59. The van der Waals surface area contributed by atoms with Gasteiger partial charge in [0.25, 0.3) is 0 Å². The molecule has 1 rings (SSSR count). The van der Waals surface area contributed by atoms with E-state index in [9.17, 15) is 4.79 Å². The lowest BCUT2D eigenvalue weighted by atomic mass is 10.1. The summed E-state index contributed by atoms with van der Waals surface area (Å²) in [5, 5.41) is 6.61. The van der Waals surface area contributed by atoms with Crippen LogP contribution in [0.25, 0.3) is 0 Å². The van der Waals surface area contributed by atoms with Gasteiger partial charge in [0, 0.05) is 39.9 Å². The minimum Gasteiger partial charge on any atom is -0.383 e. The van der Waals surface area contributed by atoms with Gasteiger partial charge in [0.2, 0.25) is 5.91 Å². The molecule has 0 bridgehead atoms. The topological polar surface area (TPSA) is 62.8 Å². The number of hydrogen-bond acceptors (Lipinski definition) is 5. The van der Waals surface area contributed by atoms with E-state index in [1.54, 1.807) is 14.2 Å². The van der Waals surface area contributed by atoms with E-state index in [0.717, 1.165) is 6.54 Å². The Morgan fingerprint density at radius 3 is 2.58 bits per heavy atom. The van der Waals surface area contributed by atoms with E-state index in [4.69, 9.17) is 9.47 Å². The molecule has 1 fully saturated rings. The molecule has 2 N–H and O–H groups in total. The smallest absolute Gasteiger partial charge is 0.241 e. The molecule has 0 saturated carbocycles. The highest BCUT2D eigenvalue weighted by molar-refractivity contribution is 5.82. The van der Waals surface area contributed by atoms with E-state index >= 15 is 0 Å². The van der Waals surface area contributed by atoms with Crippen LogP contribution in [0.15, 0.2) is 0 Å². The van der Waals surface area contributed by atoms with Crippen molar-refractivity contribution in [2.24, 2.45) is 0 Å². The third-order valence-electron chi connectivity index (χ3n) is 3.40. The standard InChI is InChI=1S/C13H27N3O3/c1-10-7-15-12(8-14-10)13(17)16(5-6-18-3)11(2)9-19-4/h10-12,14-15H,5-9H2,1-4H3. The maximum absolute atomic E-state index is 12.5. The Bertz CT molecular complexity index is 268. The van der Waals surface area contributed by atoms with Crippen molar-refractivity contribution in [3.8, 4) is 0 Å². The van der Waals surface area contributed by atoms with Crippen LogP contribution in [0.5, 0.6) is 0 Å². The Morgan fingerprint density at radius 2 is 2.05 bits per heavy atom. The lowest BCUT2D eigenvalue weighted by molar-refractivity contribution is -0.137. The van der Waals surface area contributed by atoms with E-state index in [0.29, 0.717) is 32.3 Å². The Kier molecular flexibility index (Phi) is 7.30. The Labute approximate surface area is 115 Å². The summed E-state index contributed by atoms with van der Waals surface area (Å²) < 4.78 is 10.2. The van der Waals surface area contributed by atoms with Crippen LogP contribution in [0.4, 0.5) is 0 Å². The first kappa shape index (κ1) is 16.4. The maximum Gasteiger partial charge on any atom is 0.241 e. The van der Waals surface area contributed by atoms with Crippen LogP contribution >= 0.6 is 0 Å². The molecule has 1 aliphatic rings. The first-order valence-electron chi connectivity index (χ1n) is 6.85. The molecule has 0 aliphatic carbocycles. The van der Waals surface area contributed by atoms with Crippen molar-refractivity contribution in [1.29, 1.82) is 0 Å². The second-order valence-corrected chi connectivity index (χ2v) is 5.10. The number of hydrogen-bond donors (Lipinski definition) is 2. The average molecular weight is 273 g/mol. The van der Waals surface area contributed by atoms with Gasteiger partial charge in [-0.05, 0) is 13.8 Å². The van der Waals surface area contributed by atoms with E-state index in [-0.39, 0.29) is 18.0 Å². The van der Waals surface area contributed by atoms with Gasteiger partial charge in [0.05, 0.1) is 25.3 Å². The third kappa shape index (κ3) is 5.06. The minimum atomic E-state index is -0.160. The average Bonchev–Trinajstić information content (AvgIpc) is 2.40. The molecule has 6 heteroatoms. The molecular weight excluding hydrogens is 246 g/mol. The van der Waals surface area contributed by atoms with Gasteiger partial charge in [-0.2, -0.15) is 0 Å². The van der Waals surface area contributed by atoms with Gasteiger partial charge in [0.15, 0.2) is 0 Å². The van der Waals surface area contributed by atoms with Gasteiger partial charge >= 0.3 is 0 Å². The molecule has 1 saturated heterocycles. The fraction of sp³-hybridized carbons (Fsp3) is 0.923. The zero-order chi connectivity index (χ0) is 14.3. The molecule has 1 amide bonds. The molecule has 6 nitrogen and oxygen atoms in total. The molecule has 3 atom stereocenters. The minimum absolute atomic E-state index is 0.0498. The van der Waals surface area contributed by atoms with Gasteiger partial charge < -0.3 is 25.0 Å². The number of nitrogens with zero attached hydrogens (tertiary/aromatic N) is 1. The van der Waals surface area contributed by atoms with Gasteiger partial charge in [-0.1, -0.05) is 0 Å². The SMILES string of the molecule is COCCN(C(=O)C1CNC(C)CN1)C(C)COC. The summed E-state index contributed by atoms with van der Waals surface area (Å²) in [6, 6.07) is 0.300. The monoisotopic (exact) mass is 273 g/mol. The van der Waals surface area contributed by atoms with Crippen LogP contribution in [-0.2, 0) is 14.3 Å². The number of piperazine rings is 1. The number of carbonyl (C=O) groups is 1. The summed E-state index contributed by atoms with van der Waals surface area (Å²) in [6.45, 7) is 7.24. The van der Waals surface area contributed by atoms with E-state index in [1.165, 1.54) is 0 Å². The lowest BCUT2D eigenvalue weighted by Crippen LogP contribution is -2.61. The first-order valence-corrected chi connectivity index (χ1v) is 6.85. The fourth-order valence-electron chi connectivity index (χ4n) is 2.23. The van der Waals surface area contributed by atoms with Gasteiger partial charge in [-0.25, -0.2) is 0 Å². The number of rotatable bonds is 7. The van der Waals surface area contributed by atoms with Crippen molar-refractivity contribution >= 4 is 5.91 Å².